The van der Waals surface area contributed by atoms with E-state index in [1.54, 1.807) is 6.07 Å². The zero-order valence-corrected chi connectivity index (χ0v) is 12.4. The molecule has 3 rings (SSSR count). The number of halogens is 1. The van der Waals surface area contributed by atoms with Crippen molar-refractivity contribution in [2.75, 3.05) is 12.4 Å². The third kappa shape index (κ3) is 3.11. The Labute approximate surface area is 129 Å². The summed E-state index contributed by atoms with van der Waals surface area (Å²) in [5.74, 6) is -0.575. The van der Waals surface area contributed by atoms with E-state index in [2.05, 4.69) is 5.32 Å². The smallest absolute Gasteiger partial charge is 0.340 e. The number of methoxy groups -OCH3 is 1. The molecule has 1 saturated carbocycles. The first kappa shape index (κ1) is 14.6. The minimum absolute atomic E-state index is 0.236. The Morgan fingerprint density at radius 2 is 2.00 bits per heavy atom. The van der Waals surface area contributed by atoms with Gasteiger partial charge in [-0.2, -0.15) is 0 Å². The molecule has 3 nitrogen and oxygen atoms in total. The lowest BCUT2D eigenvalue weighted by atomic mass is 10.0. The average Bonchev–Trinajstić information content (AvgIpc) is 3.38. The second-order valence-electron chi connectivity index (χ2n) is 5.52. The number of ether oxygens (including phenoxy) is 1. The van der Waals surface area contributed by atoms with E-state index in [1.165, 1.54) is 13.2 Å². The summed E-state index contributed by atoms with van der Waals surface area (Å²) < 4.78 is 18.9. The third-order valence-electron chi connectivity index (χ3n) is 3.89. The standard InChI is InChI=1S/C18H18FNO2/c1-22-18(21)15-9-16(19)14(13-7-8-13)10-17(15)20-11-12-5-3-2-4-6-12/h2-6,9-10,13,20H,7-8,11H2,1H3. The number of esters is 1. The molecule has 0 bridgehead atoms. The van der Waals surface area contributed by atoms with Crippen LogP contribution >= 0.6 is 0 Å². The van der Waals surface area contributed by atoms with Gasteiger partial charge < -0.3 is 10.1 Å². The van der Waals surface area contributed by atoms with Crippen LogP contribution in [0, 0.1) is 5.82 Å². The lowest BCUT2D eigenvalue weighted by Gasteiger charge is -2.13. The van der Waals surface area contributed by atoms with Crippen LogP contribution < -0.4 is 5.32 Å². The number of hydrogen-bond donors (Lipinski definition) is 1. The number of nitrogens with one attached hydrogen (secondary N) is 1. The van der Waals surface area contributed by atoms with Crippen molar-refractivity contribution in [3.8, 4) is 0 Å². The highest BCUT2D eigenvalue weighted by Crippen LogP contribution is 2.42. The predicted molar refractivity (Wildman–Crippen MR) is 83.5 cm³/mol. The average molecular weight is 299 g/mol. The number of carbonyl (C=O) groups excluding carboxylic acids is 1. The normalized spacial score (nSPS) is 13.7. The lowest BCUT2D eigenvalue weighted by molar-refractivity contribution is 0.0601. The molecule has 0 unspecified atom stereocenters. The minimum Gasteiger partial charge on any atom is -0.465 e. The fourth-order valence-corrected chi connectivity index (χ4v) is 2.52. The number of anilines is 1. The molecule has 2 aromatic rings. The van der Waals surface area contributed by atoms with Crippen molar-refractivity contribution in [1.29, 1.82) is 0 Å². The van der Waals surface area contributed by atoms with E-state index in [0.717, 1.165) is 18.4 Å². The van der Waals surface area contributed by atoms with Crippen LogP contribution in [0.1, 0.15) is 40.2 Å². The molecular weight excluding hydrogens is 281 g/mol. The molecule has 4 heteroatoms. The quantitative estimate of drug-likeness (QED) is 0.845. The highest BCUT2D eigenvalue weighted by molar-refractivity contribution is 5.95. The van der Waals surface area contributed by atoms with E-state index >= 15 is 0 Å². The number of hydrogen-bond acceptors (Lipinski definition) is 3. The van der Waals surface area contributed by atoms with Crippen molar-refractivity contribution in [2.24, 2.45) is 0 Å². The predicted octanol–water partition coefficient (Wildman–Crippen LogP) is 4.10. The zero-order valence-electron chi connectivity index (χ0n) is 12.4. The molecule has 0 aromatic heterocycles. The van der Waals surface area contributed by atoms with Gasteiger partial charge in [0.05, 0.1) is 12.7 Å². The summed E-state index contributed by atoms with van der Waals surface area (Å²) in [6.07, 6.45) is 2.01. The van der Waals surface area contributed by atoms with Crippen molar-refractivity contribution in [1.82, 2.24) is 0 Å². The molecule has 0 heterocycles. The fraction of sp³-hybridized carbons (Fsp3) is 0.278. The van der Waals surface area contributed by atoms with Gasteiger partial charge >= 0.3 is 5.97 Å². The highest BCUT2D eigenvalue weighted by atomic mass is 19.1. The minimum atomic E-state index is -0.531. The van der Waals surface area contributed by atoms with Gasteiger partial charge in [-0.3, -0.25) is 0 Å². The Morgan fingerprint density at radius 1 is 1.27 bits per heavy atom. The van der Waals surface area contributed by atoms with Crippen molar-refractivity contribution in [3.05, 3.63) is 65.0 Å². The molecule has 0 atom stereocenters. The van der Waals surface area contributed by atoms with Gasteiger partial charge in [-0.05, 0) is 42.0 Å². The molecular formula is C18H18FNO2. The largest absolute Gasteiger partial charge is 0.465 e. The Kier molecular flexibility index (Phi) is 4.09. The molecule has 1 aliphatic rings. The summed E-state index contributed by atoms with van der Waals surface area (Å²) in [7, 11) is 1.30. The van der Waals surface area contributed by atoms with E-state index in [-0.39, 0.29) is 17.3 Å². The summed E-state index contributed by atoms with van der Waals surface area (Å²) in [6, 6.07) is 12.9. The van der Waals surface area contributed by atoms with Crippen molar-refractivity contribution < 1.29 is 13.9 Å². The fourth-order valence-electron chi connectivity index (χ4n) is 2.52. The van der Waals surface area contributed by atoms with Gasteiger partial charge in [0.1, 0.15) is 5.82 Å². The Balaban J connectivity index is 1.89. The molecule has 1 fully saturated rings. The Morgan fingerprint density at radius 3 is 2.64 bits per heavy atom. The first-order valence-electron chi connectivity index (χ1n) is 7.38. The molecule has 2 aromatic carbocycles. The van der Waals surface area contributed by atoms with Crippen molar-refractivity contribution >= 4 is 11.7 Å². The maximum absolute atomic E-state index is 14.1. The molecule has 0 saturated heterocycles. The second-order valence-corrected chi connectivity index (χ2v) is 5.52. The van der Waals surface area contributed by atoms with Crippen LogP contribution in [0.4, 0.5) is 10.1 Å². The second kappa shape index (κ2) is 6.18. The first-order valence-corrected chi connectivity index (χ1v) is 7.38. The summed E-state index contributed by atoms with van der Waals surface area (Å²) in [5.41, 5.74) is 2.64. The van der Waals surface area contributed by atoms with Crippen molar-refractivity contribution in [3.63, 3.8) is 0 Å². The van der Waals surface area contributed by atoms with Crippen LogP contribution in [0.25, 0.3) is 0 Å². The maximum Gasteiger partial charge on any atom is 0.340 e. The van der Waals surface area contributed by atoms with Gasteiger partial charge in [-0.15, -0.1) is 0 Å². The first-order chi connectivity index (χ1) is 10.7. The Hall–Kier alpha value is -2.36. The lowest BCUT2D eigenvalue weighted by Crippen LogP contribution is -2.10. The third-order valence-corrected chi connectivity index (χ3v) is 3.89. The van der Waals surface area contributed by atoms with Crippen molar-refractivity contribution in [2.45, 2.75) is 25.3 Å². The van der Waals surface area contributed by atoms with Gasteiger partial charge in [-0.1, -0.05) is 30.3 Å². The SMILES string of the molecule is COC(=O)c1cc(F)c(C2CC2)cc1NCc1ccccc1. The summed E-state index contributed by atoms with van der Waals surface area (Å²) in [4.78, 5) is 11.9. The van der Waals surface area contributed by atoms with E-state index in [4.69, 9.17) is 4.74 Å². The summed E-state index contributed by atoms with van der Waals surface area (Å²) in [5, 5.41) is 3.23. The zero-order chi connectivity index (χ0) is 15.5. The van der Waals surface area contributed by atoms with E-state index < -0.39 is 5.97 Å². The maximum atomic E-state index is 14.1. The number of carbonyl (C=O) groups is 1. The highest BCUT2D eigenvalue weighted by Gasteiger charge is 2.28. The van der Waals surface area contributed by atoms with Gasteiger partial charge in [0.15, 0.2) is 0 Å². The van der Waals surface area contributed by atoms with Gasteiger partial charge in [-0.25, -0.2) is 9.18 Å². The molecule has 114 valence electrons. The van der Waals surface area contributed by atoms with Crippen LogP contribution in [-0.2, 0) is 11.3 Å². The van der Waals surface area contributed by atoms with Gasteiger partial charge in [0, 0.05) is 12.2 Å². The van der Waals surface area contributed by atoms with Crippen LogP contribution in [0.15, 0.2) is 42.5 Å². The molecule has 0 amide bonds. The Bertz CT molecular complexity index is 681. The summed E-state index contributed by atoms with van der Waals surface area (Å²) >= 11 is 0. The molecule has 0 radical (unpaired) electrons. The molecule has 1 N–H and O–H groups in total. The van der Waals surface area contributed by atoms with Crippen LogP contribution in [0.3, 0.4) is 0 Å². The molecule has 1 aliphatic carbocycles. The molecule has 0 spiro atoms. The molecule has 22 heavy (non-hydrogen) atoms. The van der Waals surface area contributed by atoms with E-state index in [0.29, 0.717) is 17.8 Å². The summed E-state index contributed by atoms with van der Waals surface area (Å²) in [6.45, 7) is 0.570. The van der Waals surface area contributed by atoms with Crippen LogP contribution in [-0.4, -0.2) is 13.1 Å². The van der Waals surface area contributed by atoms with E-state index in [1.807, 2.05) is 30.3 Å². The monoisotopic (exact) mass is 299 g/mol. The van der Waals surface area contributed by atoms with Crippen LogP contribution in [0.2, 0.25) is 0 Å². The van der Waals surface area contributed by atoms with Gasteiger partial charge in [0.25, 0.3) is 0 Å². The van der Waals surface area contributed by atoms with Crippen LogP contribution in [0.5, 0.6) is 0 Å². The van der Waals surface area contributed by atoms with Gasteiger partial charge in [0.2, 0.25) is 0 Å². The van der Waals surface area contributed by atoms with E-state index in [9.17, 15) is 9.18 Å². The number of benzene rings is 2. The topological polar surface area (TPSA) is 38.3 Å². The number of rotatable bonds is 5. The molecule has 0 aliphatic heterocycles.